The van der Waals surface area contributed by atoms with Crippen molar-refractivity contribution in [1.29, 1.82) is 5.26 Å². The lowest BCUT2D eigenvalue weighted by molar-refractivity contribution is -0.131. The lowest BCUT2D eigenvalue weighted by atomic mass is 10.00. The van der Waals surface area contributed by atoms with Crippen molar-refractivity contribution in [3.05, 3.63) is 62.7 Å². The van der Waals surface area contributed by atoms with Gasteiger partial charge >= 0.3 is 0 Å². The third-order valence-electron chi connectivity index (χ3n) is 6.89. The van der Waals surface area contributed by atoms with E-state index in [9.17, 15) is 9.59 Å². The highest BCUT2D eigenvalue weighted by Crippen LogP contribution is 2.36. The zero-order valence-corrected chi connectivity index (χ0v) is 21.7. The second-order valence-corrected chi connectivity index (χ2v) is 9.65. The van der Waals surface area contributed by atoms with Gasteiger partial charge in [-0.3, -0.25) is 9.59 Å². The van der Waals surface area contributed by atoms with Crippen LogP contribution < -0.4 is 15.8 Å². The predicted molar refractivity (Wildman–Crippen MR) is 143 cm³/mol. The summed E-state index contributed by atoms with van der Waals surface area (Å²) in [6, 6.07) is 10.0. The van der Waals surface area contributed by atoms with E-state index in [1.54, 1.807) is 11.1 Å². The van der Waals surface area contributed by atoms with E-state index < -0.39 is 0 Å². The standard InChI is InChI=1S/C27H31ClN6O2/c1-4-34(20-7-11-33(12-8-20)25(35)5-9-29)24-15-19(28)14-22-21(24)6-10-30-26(22)31-16-23-17(2)13-18(3)32-27(23)36/h6,10,13-15,20H,4-5,7-8,11-12,16H2,1-3H3,(H,30,31)(H,32,36). The molecule has 0 spiro atoms. The molecule has 3 heterocycles. The van der Waals surface area contributed by atoms with Crippen LogP contribution in [0.3, 0.4) is 0 Å². The fraction of sp³-hybridized carbons (Fsp3) is 0.407. The van der Waals surface area contributed by atoms with Gasteiger partial charge in [-0.15, -0.1) is 0 Å². The number of aryl methyl sites for hydroxylation is 2. The molecule has 188 valence electrons. The Morgan fingerprint density at radius 3 is 2.69 bits per heavy atom. The molecule has 1 saturated heterocycles. The first kappa shape index (κ1) is 25.5. The van der Waals surface area contributed by atoms with E-state index in [2.05, 4.69) is 27.1 Å². The summed E-state index contributed by atoms with van der Waals surface area (Å²) in [4.78, 5) is 36.2. The summed E-state index contributed by atoms with van der Waals surface area (Å²) in [5.41, 5.74) is 3.36. The van der Waals surface area contributed by atoms with Gasteiger partial charge in [0.05, 0.1) is 6.07 Å². The van der Waals surface area contributed by atoms with Gasteiger partial charge in [-0.2, -0.15) is 5.26 Å². The molecule has 1 amide bonds. The number of anilines is 2. The number of likely N-dealkylation sites (tertiary alicyclic amines) is 1. The van der Waals surface area contributed by atoms with E-state index >= 15 is 0 Å². The minimum absolute atomic E-state index is 0.0716. The number of hydrogen-bond acceptors (Lipinski definition) is 6. The number of rotatable bonds is 7. The molecule has 2 N–H and O–H groups in total. The Bertz CT molecular complexity index is 1370. The average Bonchev–Trinajstić information content (AvgIpc) is 2.84. The molecular weight excluding hydrogens is 476 g/mol. The zero-order chi connectivity index (χ0) is 25.8. The number of nitrogens with zero attached hydrogens (tertiary/aromatic N) is 4. The molecule has 36 heavy (non-hydrogen) atoms. The lowest BCUT2D eigenvalue weighted by Crippen LogP contribution is -2.46. The number of halogens is 1. The topological polar surface area (TPSA) is 105 Å². The van der Waals surface area contributed by atoms with Crippen LogP contribution in [0.5, 0.6) is 0 Å². The number of nitrogens with one attached hydrogen (secondary N) is 2. The highest BCUT2D eigenvalue weighted by Gasteiger charge is 2.27. The molecule has 4 rings (SSSR count). The lowest BCUT2D eigenvalue weighted by Gasteiger charge is -2.39. The van der Waals surface area contributed by atoms with Gasteiger partial charge in [0.25, 0.3) is 5.56 Å². The molecule has 0 radical (unpaired) electrons. The first-order valence-electron chi connectivity index (χ1n) is 12.2. The van der Waals surface area contributed by atoms with E-state index in [1.165, 1.54) is 0 Å². The monoisotopic (exact) mass is 506 g/mol. The Balaban J connectivity index is 1.61. The van der Waals surface area contributed by atoms with Gasteiger partial charge in [-0.25, -0.2) is 4.98 Å². The number of benzene rings is 1. The Morgan fingerprint density at radius 1 is 1.28 bits per heavy atom. The molecule has 2 aromatic heterocycles. The van der Waals surface area contributed by atoms with Crippen LogP contribution in [0.1, 0.15) is 43.0 Å². The van der Waals surface area contributed by atoms with Crippen molar-refractivity contribution in [2.45, 2.75) is 52.6 Å². The van der Waals surface area contributed by atoms with Crippen LogP contribution in [-0.2, 0) is 11.3 Å². The number of pyridine rings is 2. The Kier molecular flexibility index (Phi) is 7.80. The molecule has 8 nitrogen and oxygen atoms in total. The Labute approximate surface area is 215 Å². The molecule has 0 saturated carbocycles. The number of carbonyl (C=O) groups is 1. The van der Waals surface area contributed by atoms with Gasteiger partial charge in [-0.1, -0.05) is 11.6 Å². The number of nitriles is 1. The number of hydrogen-bond donors (Lipinski definition) is 2. The highest BCUT2D eigenvalue weighted by molar-refractivity contribution is 6.32. The third kappa shape index (κ3) is 5.31. The molecule has 0 aliphatic carbocycles. The van der Waals surface area contributed by atoms with Crippen molar-refractivity contribution < 1.29 is 4.79 Å². The number of H-pyrrole nitrogens is 1. The summed E-state index contributed by atoms with van der Waals surface area (Å²) in [7, 11) is 0. The second kappa shape index (κ2) is 11.0. The summed E-state index contributed by atoms with van der Waals surface area (Å²) in [5, 5.41) is 14.7. The van der Waals surface area contributed by atoms with Gasteiger partial charge < -0.3 is 20.1 Å². The summed E-state index contributed by atoms with van der Waals surface area (Å²) in [6.07, 6.45) is 3.35. The molecule has 0 atom stereocenters. The molecule has 0 bridgehead atoms. The first-order chi connectivity index (χ1) is 17.3. The van der Waals surface area contributed by atoms with Gasteiger partial charge in [0.2, 0.25) is 5.91 Å². The smallest absolute Gasteiger partial charge is 0.253 e. The number of carbonyl (C=O) groups excluding carboxylic acids is 1. The van der Waals surface area contributed by atoms with Crippen LogP contribution in [0.15, 0.2) is 35.3 Å². The molecule has 1 aliphatic heterocycles. The molecule has 3 aromatic rings. The molecule has 1 aromatic carbocycles. The van der Waals surface area contributed by atoms with Gasteiger partial charge in [-0.05, 0) is 63.4 Å². The summed E-state index contributed by atoms with van der Waals surface area (Å²) < 4.78 is 0. The fourth-order valence-corrected chi connectivity index (χ4v) is 5.33. The van der Waals surface area contributed by atoms with Crippen LogP contribution >= 0.6 is 11.6 Å². The van der Waals surface area contributed by atoms with Crippen molar-refractivity contribution in [1.82, 2.24) is 14.9 Å². The Hall–Kier alpha value is -3.57. The maximum absolute atomic E-state index is 12.5. The third-order valence-corrected chi connectivity index (χ3v) is 7.11. The summed E-state index contributed by atoms with van der Waals surface area (Å²) >= 11 is 6.60. The van der Waals surface area contributed by atoms with E-state index in [1.807, 2.05) is 44.2 Å². The number of aromatic nitrogens is 2. The van der Waals surface area contributed by atoms with Crippen LogP contribution in [-0.4, -0.2) is 46.5 Å². The van der Waals surface area contributed by atoms with Crippen LogP contribution in [0.4, 0.5) is 11.5 Å². The van der Waals surface area contributed by atoms with E-state index in [0.717, 1.165) is 47.1 Å². The largest absolute Gasteiger partial charge is 0.368 e. The van der Waals surface area contributed by atoms with Crippen molar-refractivity contribution in [3.63, 3.8) is 0 Å². The number of amides is 1. The van der Waals surface area contributed by atoms with Gasteiger partial charge in [0.1, 0.15) is 12.2 Å². The Morgan fingerprint density at radius 2 is 2.03 bits per heavy atom. The van der Waals surface area contributed by atoms with Crippen LogP contribution in [0, 0.1) is 25.2 Å². The highest BCUT2D eigenvalue weighted by atomic mass is 35.5. The van der Waals surface area contributed by atoms with E-state index in [4.69, 9.17) is 16.9 Å². The van der Waals surface area contributed by atoms with Gasteiger partial charge in [0.15, 0.2) is 0 Å². The normalized spacial score (nSPS) is 14.0. The maximum atomic E-state index is 12.5. The quantitative estimate of drug-likeness (QED) is 0.487. The zero-order valence-electron chi connectivity index (χ0n) is 20.9. The SMILES string of the molecule is CCN(c1cc(Cl)cc2c(NCc3c(C)cc(C)[nH]c3=O)nccc12)C1CCN(C(=O)CC#N)CC1. The molecule has 1 aliphatic rings. The molecule has 1 fully saturated rings. The minimum Gasteiger partial charge on any atom is -0.368 e. The molecular formula is C27H31ClN6O2. The van der Waals surface area contributed by atoms with Crippen molar-refractivity contribution in [3.8, 4) is 6.07 Å². The number of fused-ring (bicyclic) bond motifs is 1. The number of piperidine rings is 1. The summed E-state index contributed by atoms with van der Waals surface area (Å²) in [5.74, 6) is 0.570. The molecule has 0 unspecified atom stereocenters. The minimum atomic E-state index is -0.101. The second-order valence-electron chi connectivity index (χ2n) is 9.21. The predicted octanol–water partition coefficient (Wildman–Crippen LogP) is 4.54. The van der Waals surface area contributed by atoms with Crippen molar-refractivity contribution in [2.75, 3.05) is 29.9 Å². The maximum Gasteiger partial charge on any atom is 0.253 e. The molecule has 9 heteroatoms. The van der Waals surface area contributed by atoms with Crippen molar-refractivity contribution in [2.24, 2.45) is 0 Å². The average molecular weight is 507 g/mol. The van der Waals surface area contributed by atoms with E-state index in [0.29, 0.717) is 36.0 Å². The summed E-state index contributed by atoms with van der Waals surface area (Å²) in [6.45, 7) is 8.33. The fourth-order valence-electron chi connectivity index (χ4n) is 5.11. The van der Waals surface area contributed by atoms with Crippen LogP contribution in [0.2, 0.25) is 5.02 Å². The first-order valence-corrected chi connectivity index (χ1v) is 12.6. The number of aromatic amines is 1. The van der Waals surface area contributed by atoms with E-state index in [-0.39, 0.29) is 23.9 Å². The van der Waals surface area contributed by atoms with Crippen LogP contribution in [0.25, 0.3) is 10.8 Å². The van der Waals surface area contributed by atoms with Gasteiger partial charge in [0, 0.05) is 71.2 Å². The van der Waals surface area contributed by atoms with Crippen molar-refractivity contribution >= 4 is 39.8 Å².